The monoisotopic (exact) mass is 299 g/mol. The molecule has 114 valence electrons. The van der Waals surface area contributed by atoms with Crippen LogP contribution in [-0.2, 0) is 6.54 Å². The summed E-state index contributed by atoms with van der Waals surface area (Å²) in [7, 11) is 2.22. The topological polar surface area (TPSA) is 3.24 Å². The highest BCUT2D eigenvalue weighted by Crippen LogP contribution is 2.29. The van der Waals surface area contributed by atoms with Crippen molar-refractivity contribution in [2.75, 3.05) is 13.6 Å². The minimum absolute atomic E-state index is 0.971. The molecule has 0 saturated carbocycles. The summed E-state index contributed by atoms with van der Waals surface area (Å²) in [6, 6.07) is 19.8. The number of likely N-dealkylation sites (N-methyl/N-ethyl adjacent to an activating group) is 1. The zero-order valence-corrected chi connectivity index (χ0v) is 13.5. The molecular formula is C22H21N. The zero-order valence-electron chi connectivity index (χ0n) is 13.5. The van der Waals surface area contributed by atoms with E-state index in [-0.39, 0.29) is 0 Å². The van der Waals surface area contributed by atoms with Crippen molar-refractivity contribution in [2.45, 2.75) is 13.0 Å². The molecule has 0 fully saturated rings. The van der Waals surface area contributed by atoms with Crippen LogP contribution in [0.1, 0.15) is 12.0 Å². The van der Waals surface area contributed by atoms with Crippen molar-refractivity contribution in [3.8, 4) is 0 Å². The Morgan fingerprint density at radius 2 is 1.52 bits per heavy atom. The van der Waals surface area contributed by atoms with Gasteiger partial charge in [-0.3, -0.25) is 4.90 Å². The number of rotatable bonds is 4. The molecule has 1 aliphatic carbocycles. The maximum Gasteiger partial charge on any atom is 0.0246 e. The standard InChI is InChI=1S/C22H21N/c1-23(15-17-8-2-3-9-17)16-22-20-12-6-4-10-18(20)14-19-11-5-7-13-21(19)22/h2-8,10-14H,9,15-16H2,1H3. The SMILES string of the molecule is CN(CC1=CC=CC1)Cc1c2ccccc2cc2ccccc12. The van der Waals surface area contributed by atoms with Crippen molar-refractivity contribution in [3.05, 3.63) is 84.0 Å². The van der Waals surface area contributed by atoms with E-state index in [1.54, 1.807) is 0 Å². The molecule has 0 atom stereocenters. The van der Waals surface area contributed by atoms with E-state index >= 15 is 0 Å². The fourth-order valence-corrected chi connectivity index (χ4v) is 3.56. The lowest BCUT2D eigenvalue weighted by Gasteiger charge is -2.20. The Balaban J connectivity index is 1.76. The van der Waals surface area contributed by atoms with Crippen LogP contribution in [0.15, 0.2) is 78.4 Å². The van der Waals surface area contributed by atoms with E-state index in [0.717, 1.165) is 19.5 Å². The molecule has 0 unspecified atom stereocenters. The van der Waals surface area contributed by atoms with Crippen molar-refractivity contribution in [1.82, 2.24) is 4.90 Å². The van der Waals surface area contributed by atoms with Crippen LogP contribution in [-0.4, -0.2) is 18.5 Å². The Kier molecular flexibility index (Phi) is 3.72. The number of benzene rings is 3. The van der Waals surface area contributed by atoms with Crippen LogP contribution in [0.3, 0.4) is 0 Å². The lowest BCUT2D eigenvalue weighted by molar-refractivity contribution is 0.356. The van der Waals surface area contributed by atoms with Gasteiger partial charge in [0.1, 0.15) is 0 Å². The van der Waals surface area contributed by atoms with E-state index in [4.69, 9.17) is 0 Å². The molecule has 1 nitrogen and oxygen atoms in total. The molecule has 1 heteroatoms. The molecule has 3 aromatic carbocycles. The van der Waals surface area contributed by atoms with Crippen molar-refractivity contribution in [2.24, 2.45) is 0 Å². The minimum Gasteiger partial charge on any atom is -0.298 e. The molecule has 3 aromatic rings. The Hall–Kier alpha value is -2.38. The van der Waals surface area contributed by atoms with Crippen molar-refractivity contribution >= 4 is 21.5 Å². The summed E-state index contributed by atoms with van der Waals surface area (Å²) in [5.74, 6) is 0. The van der Waals surface area contributed by atoms with Crippen LogP contribution in [0.4, 0.5) is 0 Å². The molecule has 0 N–H and O–H groups in total. The van der Waals surface area contributed by atoms with Gasteiger partial charge >= 0.3 is 0 Å². The van der Waals surface area contributed by atoms with E-state index in [2.05, 4.69) is 84.8 Å². The first-order valence-corrected chi connectivity index (χ1v) is 8.24. The van der Waals surface area contributed by atoms with Crippen molar-refractivity contribution in [3.63, 3.8) is 0 Å². The van der Waals surface area contributed by atoms with E-state index in [9.17, 15) is 0 Å². The molecule has 23 heavy (non-hydrogen) atoms. The largest absolute Gasteiger partial charge is 0.298 e. The first-order valence-electron chi connectivity index (χ1n) is 8.24. The summed E-state index contributed by atoms with van der Waals surface area (Å²) < 4.78 is 0. The number of hydrogen-bond acceptors (Lipinski definition) is 1. The van der Waals surface area contributed by atoms with Crippen LogP contribution in [0, 0.1) is 0 Å². The third-order valence-corrected chi connectivity index (χ3v) is 4.63. The average molecular weight is 299 g/mol. The number of fused-ring (bicyclic) bond motifs is 2. The highest BCUT2D eigenvalue weighted by Gasteiger charge is 2.11. The van der Waals surface area contributed by atoms with Gasteiger partial charge in [-0.1, -0.05) is 72.3 Å². The predicted molar refractivity (Wildman–Crippen MR) is 99.6 cm³/mol. The fraction of sp³-hybridized carbons (Fsp3) is 0.182. The minimum atomic E-state index is 0.971. The lowest BCUT2D eigenvalue weighted by Crippen LogP contribution is -2.20. The van der Waals surface area contributed by atoms with Gasteiger partial charge in [-0.25, -0.2) is 0 Å². The molecule has 0 spiro atoms. The maximum absolute atomic E-state index is 2.42. The molecule has 0 amide bonds. The molecule has 0 aliphatic heterocycles. The summed E-state index contributed by atoms with van der Waals surface area (Å²) >= 11 is 0. The van der Waals surface area contributed by atoms with E-state index in [0.29, 0.717) is 0 Å². The summed E-state index contributed by atoms with van der Waals surface area (Å²) in [6.45, 7) is 2.00. The first kappa shape index (κ1) is 14.2. The average Bonchev–Trinajstić information content (AvgIpc) is 3.07. The number of nitrogens with zero attached hydrogens (tertiary/aromatic N) is 1. The predicted octanol–water partition coefficient (Wildman–Crippen LogP) is 5.31. The van der Waals surface area contributed by atoms with Crippen LogP contribution >= 0.6 is 0 Å². The van der Waals surface area contributed by atoms with Gasteiger partial charge in [0, 0.05) is 13.1 Å². The molecule has 0 aromatic heterocycles. The first-order chi connectivity index (χ1) is 11.3. The second-order valence-corrected chi connectivity index (χ2v) is 6.43. The third kappa shape index (κ3) is 2.80. The second-order valence-electron chi connectivity index (χ2n) is 6.43. The number of hydrogen-bond donors (Lipinski definition) is 0. The normalized spacial score (nSPS) is 14.1. The second kappa shape index (κ2) is 6.02. The molecule has 0 saturated heterocycles. The Morgan fingerprint density at radius 1 is 0.870 bits per heavy atom. The van der Waals surface area contributed by atoms with Gasteiger partial charge in [-0.05, 0) is 46.6 Å². The molecular weight excluding hydrogens is 278 g/mol. The van der Waals surface area contributed by atoms with E-state index in [1.165, 1.54) is 32.7 Å². The van der Waals surface area contributed by atoms with Gasteiger partial charge in [0.05, 0.1) is 0 Å². The van der Waals surface area contributed by atoms with Crippen LogP contribution in [0.25, 0.3) is 21.5 Å². The molecule has 0 bridgehead atoms. The maximum atomic E-state index is 2.42. The van der Waals surface area contributed by atoms with E-state index < -0.39 is 0 Å². The smallest absolute Gasteiger partial charge is 0.0246 e. The van der Waals surface area contributed by atoms with Crippen molar-refractivity contribution in [1.29, 1.82) is 0 Å². The Labute approximate surface area is 137 Å². The number of allylic oxidation sites excluding steroid dienone is 3. The van der Waals surface area contributed by atoms with E-state index in [1.807, 2.05) is 0 Å². The molecule has 0 radical (unpaired) electrons. The summed E-state index contributed by atoms with van der Waals surface area (Å²) in [5, 5.41) is 5.40. The van der Waals surface area contributed by atoms with Crippen LogP contribution < -0.4 is 0 Å². The highest BCUT2D eigenvalue weighted by molar-refractivity contribution is 6.02. The third-order valence-electron chi connectivity index (χ3n) is 4.63. The molecule has 1 aliphatic rings. The van der Waals surface area contributed by atoms with Gasteiger partial charge in [0.15, 0.2) is 0 Å². The van der Waals surface area contributed by atoms with Crippen LogP contribution in [0.5, 0.6) is 0 Å². The molecule has 4 rings (SSSR count). The summed E-state index contributed by atoms with van der Waals surface area (Å²) in [5.41, 5.74) is 2.93. The van der Waals surface area contributed by atoms with Crippen LogP contribution in [0.2, 0.25) is 0 Å². The summed E-state index contributed by atoms with van der Waals surface area (Å²) in [4.78, 5) is 2.42. The highest BCUT2D eigenvalue weighted by atomic mass is 15.1. The summed E-state index contributed by atoms with van der Waals surface area (Å²) in [6.07, 6.45) is 7.74. The van der Waals surface area contributed by atoms with Gasteiger partial charge in [0.25, 0.3) is 0 Å². The van der Waals surface area contributed by atoms with Gasteiger partial charge in [-0.2, -0.15) is 0 Å². The Morgan fingerprint density at radius 3 is 2.13 bits per heavy atom. The Bertz CT molecular complexity index is 864. The zero-order chi connectivity index (χ0) is 15.6. The van der Waals surface area contributed by atoms with Gasteiger partial charge in [0.2, 0.25) is 0 Å². The van der Waals surface area contributed by atoms with Crippen molar-refractivity contribution < 1.29 is 0 Å². The van der Waals surface area contributed by atoms with Gasteiger partial charge in [-0.15, -0.1) is 0 Å². The quantitative estimate of drug-likeness (QED) is 0.590. The fourth-order valence-electron chi connectivity index (χ4n) is 3.56. The van der Waals surface area contributed by atoms with Gasteiger partial charge < -0.3 is 0 Å². The lowest BCUT2D eigenvalue weighted by atomic mass is 9.96. The molecule has 0 heterocycles.